The van der Waals surface area contributed by atoms with Crippen molar-refractivity contribution in [2.24, 2.45) is 5.73 Å². The lowest BCUT2D eigenvalue weighted by Gasteiger charge is -2.10. The standard InChI is InChI=1S/C14H15ClN2O/c15-13-3-4-14(12(8-13)9-16)18-7-5-11-2-1-6-17-10-11/h1-4,6,8,10H,5,7,9,16H2. The molecule has 0 bridgehead atoms. The summed E-state index contributed by atoms with van der Waals surface area (Å²) in [6, 6.07) is 9.44. The zero-order valence-electron chi connectivity index (χ0n) is 9.97. The number of rotatable bonds is 5. The molecule has 4 heteroatoms. The summed E-state index contributed by atoms with van der Waals surface area (Å²) in [4.78, 5) is 4.06. The van der Waals surface area contributed by atoms with Gasteiger partial charge in [-0.25, -0.2) is 0 Å². The Balaban J connectivity index is 1.94. The third kappa shape index (κ3) is 3.45. The highest BCUT2D eigenvalue weighted by Crippen LogP contribution is 2.22. The molecule has 0 saturated carbocycles. The fraction of sp³-hybridized carbons (Fsp3) is 0.214. The smallest absolute Gasteiger partial charge is 0.123 e. The average molecular weight is 263 g/mol. The summed E-state index contributed by atoms with van der Waals surface area (Å²) in [5.41, 5.74) is 7.73. The Bertz CT molecular complexity index is 502. The van der Waals surface area contributed by atoms with Crippen LogP contribution in [0, 0.1) is 0 Å². The normalized spacial score (nSPS) is 10.3. The molecule has 2 aromatic rings. The van der Waals surface area contributed by atoms with E-state index in [0.717, 1.165) is 23.3 Å². The SMILES string of the molecule is NCc1cc(Cl)ccc1OCCc1cccnc1. The molecular formula is C14H15ClN2O. The van der Waals surface area contributed by atoms with Crippen LogP contribution in [0.1, 0.15) is 11.1 Å². The molecule has 0 saturated heterocycles. The highest BCUT2D eigenvalue weighted by Gasteiger charge is 2.03. The second kappa shape index (κ2) is 6.38. The van der Waals surface area contributed by atoms with E-state index >= 15 is 0 Å². The van der Waals surface area contributed by atoms with Gasteiger partial charge in [0.1, 0.15) is 5.75 Å². The quantitative estimate of drug-likeness (QED) is 0.901. The second-order valence-electron chi connectivity index (χ2n) is 3.92. The van der Waals surface area contributed by atoms with Crippen molar-refractivity contribution in [1.82, 2.24) is 4.98 Å². The van der Waals surface area contributed by atoms with E-state index in [1.54, 1.807) is 12.3 Å². The fourth-order valence-electron chi connectivity index (χ4n) is 1.67. The molecule has 3 nitrogen and oxygen atoms in total. The summed E-state index contributed by atoms with van der Waals surface area (Å²) in [7, 11) is 0. The molecule has 18 heavy (non-hydrogen) atoms. The Labute approximate surface area is 112 Å². The largest absolute Gasteiger partial charge is 0.493 e. The predicted molar refractivity (Wildman–Crippen MR) is 72.8 cm³/mol. The minimum atomic E-state index is 0.419. The summed E-state index contributed by atoms with van der Waals surface area (Å²) in [6.07, 6.45) is 4.42. The van der Waals surface area contributed by atoms with Gasteiger partial charge in [0.15, 0.2) is 0 Å². The molecule has 1 aromatic carbocycles. The molecule has 0 fully saturated rings. The number of hydrogen-bond donors (Lipinski definition) is 1. The van der Waals surface area contributed by atoms with Crippen molar-refractivity contribution < 1.29 is 4.74 Å². The minimum Gasteiger partial charge on any atom is -0.493 e. The molecule has 0 aliphatic carbocycles. The first-order valence-corrected chi connectivity index (χ1v) is 6.17. The Morgan fingerprint density at radius 2 is 2.17 bits per heavy atom. The lowest BCUT2D eigenvalue weighted by Crippen LogP contribution is -2.05. The molecule has 2 rings (SSSR count). The number of ether oxygens (including phenoxy) is 1. The summed E-state index contributed by atoms with van der Waals surface area (Å²) < 4.78 is 5.72. The van der Waals surface area contributed by atoms with E-state index in [1.807, 2.05) is 30.5 Å². The van der Waals surface area contributed by atoms with Gasteiger partial charge in [0.25, 0.3) is 0 Å². The first-order chi connectivity index (χ1) is 8.79. The van der Waals surface area contributed by atoms with Crippen molar-refractivity contribution in [3.63, 3.8) is 0 Å². The van der Waals surface area contributed by atoms with Crippen LogP contribution in [0.2, 0.25) is 5.02 Å². The number of pyridine rings is 1. The van der Waals surface area contributed by atoms with Crippen LogP contribution in [0.5, 0.6) is 5.75 Å². The number of nitrogens with zero attached hydrogens (tertiary/aromatic N) is 1. The Morgan fingerprint density at radius 3 is 2.89 bits per heavy atom. The van der Waals surface area contributed by atoms with E-state index in [2.05, 4.69) is 4.98 Å². The van der Waals surface area contributed by atoms with E-state index in [4.69, 9.17) is 22.1 Å². The van der Waals surface area contributed by atoms with E-state index in [0.29, 0.717) is 18.2 Å². The van der Waals surface area contributed by atoms with Crippen LogP contribution >= 0.6 is 11.6 Å². The summed E-state index contributed by atoms with van der Waals surface area (Å²) >= 11 is 5.91. The number of aromatic nitrogens is 1. The summed E-state index contributed by atoms with van der Waals surface area (Å²) in [5.74, 6) is 0.797. The van der Waals surface area contributed by atoms with Gasteiger partial charge in [0.05, 0.1) is 6.61 Å². The van der Waals surface area contributed by atoms with Crippen LogP contribution in [0.15, 0.2) is 42.7 Å². The van der Waals surface area contributed by atoms with Crippen LogP contribution < -0.4 is 10.5 Å². The Hall–Kier alpha value is -1.58. The third-order valence-electron chi connectivity index (χ3n) is 2.61. The van der Waals surface area contributed by atoms with Gasteiger partial charge >= 0.3 is 0 Å². The molecule has 0 unspecified atom stereocenters. The first-order valence-electron chi connectivity index (χ1n) is 5.80. The van der Waals surface area contributed by atoms with Crippen LogP contribution in [0.4, 0.5) is 0 Å². The van der Waals surface area contributed by atoms with Crippen molar-refractivity contribution in [1.29, 1.82) is 0 Å². The van der Waals surface area contributed by atoms with Crippen molar-refractivity contribution in [3.05, 3.63) is 58.9 Å². The van der Waals surface area contributed by atoms with Crippen molar-refractivity contribution in [3.8, 4) is 5.75 Å². The number of hydrogen-bond acceptors (Lipinski definition) is 3. The Kier molecular flexibility index (Phi) is 4.56. The summed E-state index contributed by atoms with van der Waals surface area (Å²) in [6.45, 7) is 1.02. The monoisotopic (exact) mass is 262 g/mol. The van der Waals surface area contributed by atoms with Gasteiger partial charge in [-0.15, -0.1) is 0 Å². The van der Waals surface area contributed by atoms with Gasteiger partial charge in [0, 0.05) is 35.9 Å². The topological polar surface area (TPSA) is 48.1 Å². The van der Waals surface area contributed by atoms with Gasteiger partial charge in [-0.2, -0.15) is 0 Å². The Morgan fingerprint density at radius 1 is 1.28 bits per heavy atom. The molecule has 1 aromatic heterocycles. The first kappa shape index (κ1) is 12.9. The molecule has 2 N–H and O–H groups in total. The van der Waals surface area contributed by atoms with Gasteiger partial charge in [-0.05, 0) is 29.8 Å². The minimum absolute atomic E-state index is 0.419. The van der Waals surface area contributed by atoms with E-state index in [-0.39, 0.29) is 0 Å². The second-order valence-corrected chi connectivity index (χ2v) is 4.35. The van der Waals surface area contributed by atoms with Crippen LogP contribution in [-0.2, 0) is 13.0 Å². The van der Waals surface area contributed by atoms with Crippen molar-refractivity contribution in [2.45, 2.75) is 13.0 Å². The molecule has 0 radical (unpaired) electrons. The van der Waals surface area contributed by atoms with E-state index < -0.39 is 0 Å². The number of benzene rings is 1. The fourth-order valence-corrected chi connectivity index (χ4v) is 1.87. The van der Waals surface area contributed by atoms with Gasteiger partial charge in [-0.1, -0.05) is 17.7 Å². The number of halogens is 1. The van der Waals surface area contributed by atoms with Crippen LogP contribution in [0.3, 0.4) is 0 Å². The van der Waals surface area contributed by atoms with E-state index in [1.165, 1.54) is 0 Å². The molecule has 94 valence electrons. The number of nitrogens with two attached hydrogens (primary N) is 1. The molecule has 0 atom stereocenters. The van der Waals surface area contributed by atoms with Crippen LogP contribution in [0.25, 0.3) is 0 Å². The molecule has 0 spiro atoms. The molecule has 0 aliphatic rings. The van der Waals surface area contributed by atoms with Crippen LogP contribution in [-0.4, -0.2) is 11.6 Å². The molecule has 0 amide bonds. The lowest BCUT2D eigenvalue weighted by molar-refractivity contribution is 0.318. The van der Waals surface area contributed by atoms with Gasteiger partial charge in [-0.3, -0.25) is 4.98 Å². The molecular weight excluding hydrogens is 248 g/mol. The van der Waals surface area contributed by atoms with Crippen molar-refractivity contribution in [2.75, 3.05) is 6.61 Å². The van der Waals surface area contributed by atoms with E-state index in [9.17, 15) is 0 Å². The molecule has 1 heterocycles. The molecule has 0 aliphatic heterocycles. The van der Waals surface area contributed by atoms with Gasteiger partial charge in [0.2, 0.25) is 0 Å². The maximum atomic E-state index is 5.91. The van der Waals surface area contributed by atoms with Crippen molar-refractivity contribution >= 4 is 11.6 Å². The maximum absolute atomic E-state index is 5.91. The highest BCUT2D eigenvalue weighted by atomic mass is 35.5. The lowest BCUT2D eigenvalue weighted by atomic mass is 10.2. The highest BCUT2D eigenvalue weighted by molar-refractivity contribution is 6.30. The predicted octanol–water partition coefficient (Wildman–Crippen LogP) is 2.82. The van der Waals surface area contributed by atoms with Gasteiger partial charge < -0.3 is 10.5 Å². The third-order valence-corrected chi connectivity index (χ3v) is 2.85. The zero-order valence-corrected chi connectivity index (χ0v) is 10.7. The average Bonchev–Trinajstić information content (AvgIpc) is 2.41. The summed E-state index contributed by atoms with van der Waals surface area (Å²) in [5, 5.41) is 0.676. The zero-order chi connectivity index (χ0) is 12.8. The maximum Gasteiger partial charge on any atom is 0.123 e.